The van der Waals surface area contributed by atoms with Crippen LogP contribution in [0, 0.1) is 6.92 Å². The molecule has 0 aliphatic rings. The molecule has 0 bridgehead atoms. The van der Waals surface area contributed by atoms with Crippen molar-refractivity contribution >= 4 is 11.6 Å². The van der Waals surface area contributed by atoms with Gasteiger partial charge >= 0.3 is 0 Å². The van der Waals surface area contributed by atoms with Crippen molar-refractivity contribution in [2.45, 2.75) is 13.3 Å². The summed E-state index contributed by atoms with van der Waals surface area (Å²) < 4.78 is 5.07. The number of hydrogen-bond donors (Lipinski definition) is 0. The Balaban J connectivity index is 2.10. The molecular weight excluding hydrogens is 252 g/mol. The van der Waals surface area contributed by atoms with Crippen LogP contribution in [0.5, 0.6) is 5.75 Å². The van der Waals surface area contributed by atoms with Crippen LogP contribution in [0.3, 0.4) is 0 Å². The highest BCUT2D eigenvalue weighted by molar-refractivity contribution is 6.13. The molecule has 0 aliphatic heterocycles. The number of ether oxygens (including phenoxy) is 1. The minimum absolute atomic E-state index is 0.129. The first-order valence-electron chi connectivity index (χ1n) is 6.37. The van der Waals surface area contributed by atoms with Crippen molar-refractivity contribution in [1.82, 2.24) is 0 Å². The monoisotopic (exact) mass is 268 g/mol. The van der Waals surface area contributed by atoms with Crippen molar-refractivity contribution in [2.75, 3.05) is 7.11 Å². The number of hydrogen-bond acceptors (Lipinski definition) is 3. The summed E-state index contributed by atoms with van der Waals surface area (Å²) in [5.41, 5.74) is 2.14. The number of Topliss-reactive ketones (excluding diaryl/α,β-unsaturated/α-hetero) is 2. The zero-order valence-electron chi connectivity index (χ0n) is 11.6. The third-order valence-corrected chi connectivity index (χ3v) is 3.09. The van der Waals surface area contributed by atoms with Crippen LogP contribution < -0.4 is 4.74 Å². The van der Waals surface area contributed by atoms with Crippen molar-refractivity contribution in [1.29, 1.82) is 0 Å². The number of carbonyl (C=O) groups excluding carboxylic acids is 2. The molecule has 0 heterocycles. The summed E-state index contributed by atoms with van der Waals surface area (Å²) in [5, 5.41) is 0. The summed E-state index contributed by atoms with van der Waals surface area (Å²) in [6.45, 7) is 1.95. The van der Waals surface area contributed by atoms with Gasteiger partial charge in [-0.05, 0) is 19.1 Å². The van der Waals surface area contributed by atoms with Crippen LogP contribution in [-0.4, -0.2) is 18.7 Å². The van der Waals surface area contributed by atoms with Gasteiger partial charge in [0.15, 0.2) is 11.6 Å². The van der Waals surface area contributed by atoms with Gasteiger partial charge < -0.3 is 4.74 Å². The Labute approximate surface area is 118 Å². The van der Waals surface area contributed by atoms with Gasteiger partial charge in [-0.2, -0.15) is 0 Å². The van der Waals surface area contributed by atoms with Gasteiger partial charge in [0.1, 0.15) is 5.75 Å². The van der Waals surface area contributed by atoms with Crippen LogP contribution in [0.15, 0.2) is 48.5 Å². The van der Waals surface area contributed by atoms with Gasteiger partial charge in [-0.3, -0.25) is 9.59 Å². The molecule has 0 aromatic heterocycles. The molecule has 20 heavy (non-hydrogen) atoms. The number of carbonyl (C=O) groups is 2. The Morgan fingerprint density at radius 2 is 1.60 bits per heavy atom. The van der Waals surface area contributed by atoms with Gasteiger partial charge in [0.2, 0.25) is 0 Å². The van der Waals surface area contributed by atoms with E-state index in [9.17, 15) is 9.59 Å². The largest absolute Gasteiger partial charge is 0.497 e. The summed E-state index contributed by atoms with van der Waals surface area (Å²) >= 11 is 0. The lowest BCUT2D eigenvalue weighted by Gasteiger charge is -2.04. The van der Waals surface area contributed by atoms with Gasteiger partial charge in [-0.1, -0.05) is 42.0 Å². The van der Waals surface area contributed by atoms with Crippen LogP contribution in [0.1, 0.15) is 32.7 Å². The Bertz CT molecular complexity index is 627. The Morgan fingerprint density at radius 1 is 0.950 bits per heavy atom. The zero-order valence-corrected chi connectivity index (χ0v) is 11.6. The third kappa shape index (κ3) is 3.32. The van der Waals surface area contributed by atoms with E-state index in [2.05, 4.69) is 0 Å². The fraction of sp³-hybridized carbons (Fsp3) is 0.176. The normalized spacial score (nSPS) is 10.1. The number of methoxy groups -OCH3 is 1. The van der Waals surface area contributed by atoms with Crippen LogP contribution in [0.4, 0.5) is 0 Å². The molecule has 102 valence electrons. The second-order valence-corrected chi connectivity index (χ2v) is 4.62. The Hall–Kier alpha value is -2.42. The summed E-state index contributed by atoms with van der Waals surface area (Å²) in [5.74, 6) is 0.242. The molecule has 2 rings (SSSR count). The van der Waals surface area contributed by atoms with Crippen LogP contribution in [-0.2, 0) is 0 Å². The summed E-state index contributed by atoms with van der Waals surface area (Å²) in [6, 6.07) is 14.1. The molecule has 0 radical (unpaired) electrons. The minimum atomic E-state index is -0.200. The van der Waals surface area contributed by atoms with Gasteiger partial charge in [0, 0.05) is 11.1 Å². The van der Waals surface area contributed by atoms with Crippen molar-refractivity contribution in [2.24, 2.45) is 0 Å². The lowest BCUT2D eigenvalue weighted by molar-refractivity contribution is 0.0894. The lowest BCUT2D eigenvalue weighted by Crippen LogP contribution is -2.08. The van der Waals surface area contributed by atoms with Crippen molar-refractivity contribution in [3.05, 3.63) is 65.2 Å². The fourth-order valence-corrected chi connectivity index (χ4v) is 1.89. The van der Waals surface area contributed by atoms with Crippen molar-refractivity contribution < 1.29 is 14.3 Å². The topological polar surface area (TPSA) is 43.4 Å². The molecule has 0 amide bonds. The average Bonchev–Trinajstić information content (AvgIpc) is 2.47. The number of rotatable bonds is 5. The Morgan fingerprint density at radius 3 is 2.25 bits per heavy atom. The van der Waals surface area contributed by atoms with Gasteiger partial charge in [-0.15, -0.1) is 0 Å². The second-order valence-electron chi connectivity index (χ2n) is 4.62. The van der Waals surface area contributed by atoms with E-state index < -0.39 is 0 Å². The molecule has 3 nitrogen and oxygen atoms in total. The molecule has 0 unspecified atom stereocenters. The summed E-state index contributed by atoms with van der Waals surface area (Å²) in [6.07, 6.45) is -0.129. The van der Waals surface area contributed by atoms with Crippen molar-refractivity contribution in [3.63, 3.8) is 0 Å². The van der Waals surface area contributed by atoms with Crippen LogP contribution in [0.2, 0.25) is 0 Å². The average molecular weight is 268 g/mol. The van der Waals surface area contributed by atoms with E-state index in [1.54, 1.807) is 43.5 Å². The molecule has 0 saturated carbocycles. The summed E-state index contributed by atoms with van der Waals surface area (Å²) in [4.78, 5) is 24.1. The number of ketones is 2. The van der Waals surface area contributed by atoms with E-state index in [-0.39, 0.29) is 18.0 Å². The SMILES string of the molecule is COc1cccc(C(=O)CC(=O)c2ccc(C)cc2)c1. The predicted octanol–water partition coefficient (Wildman–Crippen LogP) is 3.46. The maximum absolute atomic E-state index is 12.1. The zero-order chi connectivity index (χ0) is 14.5. The van der Waals surface area contributed by atoms with E-state index in [4.69, 9.17) is 4.74 Å². The van der Waals surface area contributed by atoms with E-state index in [0.29, 0.717) is 16.9 Å². The molecule has 3 heteroatoms. The third-order valence-electron chi connectivity index (χ3n) is 3.09. The first-order chi connectivity index (χ1) is 9.60. The van der Waals surface area contributed by atoms with Crippen LogP contribution in [0.25, 0.3) is 0 Å². The molecule has 0 saturated heterocycles. The number of aryl methyl sites for hydroxylation is 1. The smallest absolute Gasteiger partial charge is 0.170 e. The first-order valence-corrected chi connectivity index (χ1v) is 6.37. The molecule has 2 aromatic rings. The molecule has 0 spiro atoms. The Kier molecular flexibility index (Phi) is 4.31. The maximum Gasteiger partial charge on any atom is 0.170 e. The molecular formula is C17H16O3. The quantitative estimate of drug-likeness (QED) is 0.616. The fourth-order valence-electron chi connectivity index (χ4n) is 1.89. The highest BCUT2D eigenvalue weighted by Crippen LogP contribution is 2.15. The first kappa shape index (κ1) is 14.0. The highest BCUT2D eigenvalue weighted by Gasteiger charge is 2.14. The maximum atomic E-state index is 12.1. The highest BCUT2D eigenvalue weighted by atomic mass is 16.5. The molecule has 0 N–H and O–H groups in total. The van der Waals surface area contributed by atoms with Crippen LogP contribution >= 0.6 is 0 Å². The minimum Gasteiger partial charge on any atom is -0.497 e. The standard InChI is InChI=1S/C17H16O3/c1-12-6-8-13(9-7-12)16(18)11-17(19)14-4-3-5-15(10-14)20-2/h3-10H,11H2,1-2H3. The van der Waals surface area contributed by atoms with Crippen molar-refractivity contribution in [3.8, 4) is 5.75 Å². The molecule has 0 aliphatic carbocycles. The second kappa shape index (κ2) is 6.15. The van der Waals surface area contributed by atoms with E-state index in [0.717, 1.165) is 5.56 Å². The van der Waals surface area contributed by atoms with E-state index in [1.165, 1.54) is 0 Å². The molecule has 2 aromatic carbocycles. The number of benzene rings is 2. The van der Waals surface area contributed by atoms with Gasteiger partial charge in [0.05, 0.1) is 13.5 Å². The van der Waals surface area contributed by atoms with E-state index >= 15 is 0 Å². The molecule has 0 atom stereocenters. The predicted molar refractivity (Wildman–Crippen MR) is 77.5 cm³/mol. The van der Waals surface area contributed by atoms with Gasteiger partial charge in [-0.25, -0.2) is 0 Å². The lowest BCUT2D eigenvalue weighted by atomic mass is 10.0. The molecule has 0 fully saturated rings. The van der Waals surface area contributed by atoms with Gasteiger partial charge in [0.25, 0.3) is 0 Å². The summed E-state index contributed by atoms with van der Waals surface area (Å²) in [7, 11) is 1.54. The van der Waals surface area contributed by atoms with E-state index in [1.807, 2.05) is 19.1 Å².